The molecule has 0 fully saturated rings. The molecule has 4 aromatic heterocycles. The van der Waals surface area contributed by atoms with E-state index in [-0.39, 0.29) is 42.1 Å². The Morgan fingerprint density at radius 3 is 0.703 bits per heavy atom. The minimum Gasteiger partial charge on any atom is -0.300 e. The second-order valence-electron chi connectivity index (χ2n) is 15.3. The van der Waals surface area contributed by atoms with E-state index in [0.29, 0.717) is 0 Å². The maximum Gasteiger partial charge on any atom is 2.00 e. The van der Waals surface area contributed by atoms with Crippen molar-refractivity contribution in [3.05, 3.63) is 288 Å². The van der Waals surface area contributed by atoms with Crippen LogP contribution >= 0.6 is 0 Å². The third-order valence-electron chi connectivity index (χ3n) is 11.9. The second kappa shape index (κ2) is 18.2. The van der Waals surface area contributed by atoms with Gasteiger partial charge in [0.15, 0.2) is 0 Å². The molecule has 0 atom stereocenters. The van der Waals surface area contributed by atoms with E-state index >= 15 is 0 Å². The molecule has 6 heteroatoms. The molecule has 0 spiro atoms. The van der Waals surface area contributed by atoms with Crippen LogP contribution in [-0.4, -0.2) is 19.9 Å². The van der Waals surface area contributed by atoms with Crippen LogP contribution in [0.1, 0.15) is 45.0 Å². The van der Waals surface area contributed by atoms with Crippen LogP contribution in [-0.2, 0) is 53.0 Å². The van der Waals surface area contributed by atoms with Crippen LogP contribution in [0.15, 0.2) is 218 Å². The van der Waals surface area contributed by atoms with Crippen molar-refractivity contribution in [2.45, 2.75) is 10.8 Å². The zero-order valence-electron chi connectivity index (χ0n) is 34.2. The quantitative estimate of drug-likeness (QED) is 0.142. The third-order valence-corrected chi connectivity index (χ3v) is 11.9. The van der Waals surface area contributed by atoms with Gasteiger partial charge in [-0.15, -0.1) is 144 Å². The maximum absolute atomic E-state index is 5.60. The Balaban J connectivity index is 0.00000259. The van der Waals surface area contributed by atoms with Gasteiger partial charge < -0.3 is 0 Å². The van der Waals surface area contributed by atoms with Crippen LogP contribution < -0.4 is 0 Å². The predicted molar refractivity (Wildman–Crippen MR) is 245 cm³/mol. The summed E-state index contributed by atoms with van der Waals surface area (Å²) in [5.41, 5.74) is 12.4. The molecule has 4 nitrogen and oxygen atoms in total. The first-order valence-electron chi connectivity index (χ1n) is 20.7. The second-order valence-corrected chi connectivity index (χ2v) is 15.3. The Kier molecular flexibility index (Phi) is 12.1. The number of pyridine rings is 4. The van der Waals surface area contributed by atoms with Crippen LogP contribution in [0.2, 0.25) is 0 Å². The topological polar surface area (TPSA) is 51.6 Å². The first-order valence-corrected chi connectivity index (χ1v) is 20.7. The minimum atomic E-state index is -1.01. The number of aromatic nitrogens is 4. The molecule has 0 aliphatic heterocycles. The summed E-state index contributed by atoms with van der Waals surface area (Å²) in [6.07, 6.45) is 0. The molecule has 0 radical (unpaired) electrons. The summed E-state index contributed by atoms with van der Waals surface area (Å²) in [5, 5.41) is 0. The summed E-state index contributed by atoms with van der Waals surface area (Å²) in [6, 6.07) is 88.4. The van der Waals surface area contributed by atoms with Gasteiger partial charge in [0.2, 0.25) is 0 Å². The molecule has 0 N–H and O–H groups in total. The molecule has 11 rings (SSSR count). The van der Waals surface area contributed by atoms with Gasteiger partial charge in [0.25, 0.3) is 0 Å². The first kappa shape index (κ1) is 42.6. The largest absolute Gasteiger partial charge is 2.00 e. The van der Waals surface area contributed by atoms with E-state index in [2.05, 4.69) is 170 Å². The standard InChI is InChI=1S/C58H36N4.2Pt/c1-5-21-41(22-6-1)49-33-17-37-53(59-49)57(54-38-18-34-50(60-54)42-23-7-2-8-24-42)45-29-13-15-31-47(45)58(48-32-16-14-30-46(48)57,55-39-19-35-51(61-55)43-25-9-3-10-26-43)56-40-20-36-52(62-56)44-27-11-4-12-28-44;;/h1-21,23,25,27,29-40H;;/q-4;2*+2. The number of hydrogen-bond donors (Lipinski definition) is 0. The summed E-state index contributed by atoms with van der Waals surface area (Å²) in [4.78, 5) is 22.4. The molecular weight excluding hydrogens is 1140 g/mol. The van der Waals surface area contributed by atoms with E-state index in [4.69, 9.17) is 19.9 Å². The molecule has 6 aromatic carbocycles. The van der Waals surface area contributed by atoms with Crippen LogP contribution in [0.25, 0.3) is 45.0 Å². The Labute approximate surface area is 402 Å². The monoisotopic (exact) mass is 1180 g/mol. The van der Waals surface area contributed by atoms with Crippen LogP contribution in [0.4, 0.5) is 0 Å². The smallest absolute Gasteiger partial charge is 0.300 e. The fraction of sp³-hybridized carbons (Fsp3) is 0.0345. The molecule has 0 saturated carbocycles. The number of rotatable bonds is 8. The average Bonchev–Trinajstić information content (AvgIpc) is 3.37. The Hall–Kier alpha value is -6.70. The number of benzene rings is 6. The van der Waals surface area contributed by atoms with Gasteiger partial charge in [-0.05, 0) is 69.3 Å². The van der Waals surface area contributed by atoms with Gasteiger partial charge in [0.05, 0.1) is 22.8 Å². The van der Waals surface area contributed by atoms with Gasteiger partial charge in [-0.2, -0.15) is 0 Å². The fourth-order valence-corrected chi connectivity index (χ4v) is 9.32. The fourth-order valence-electron chi connectivity index (χ4n) is 9.32. The molecule has 1 aliphatic carbocycles. The van der Waals surface area contributed by atoms with Gasteiger partial charge in [-0.1, -0.05) is 97.1 Å². The number of fused-ring (bicyclic) bond motifs is 2. The van der Waals surface area contributed by atoms with E-state index in [1.54, 1.807) is 0 Å². The van der Waals surface area contributed by atoms with Crippen LogP contribution in [0, 0.1) is 24.3 Å². The predicted octanol–water partition coefficient (Wildman–Crippen LogP) is 12.2. The van der Waals surface area contributed by atoms with E-state index < -0.39 is 10.8 Å². The Morgan fingerprint density at radius 1 is 0.250 bits per heavy atom. The maximum atomic E-state index is 5.60. The molecule has 0 amide bonds. The molecule has 0 saturated heterocycles. The van der Waals surface area contributed by atoms with Crippen LogP contribution in [0.5, 0.6) is 0 Å². The molecule has 0 unspecified atom stereocenters. The van der Waals surface area contributed by atoms with Crippen molar-refractivity contribution >= 4 is 0 Å². The average molecular weight is 1180 g/mol. The van der Waals surface area contributed by atoms with Crippen molar-refractivity contribution < 1.29 is 42.1 Å². The molecule has 308 valence electrons. The summed E-state index contributed by atoms with van der Waals surface area (Å²) < 4.78 is 0. The summed E-state index contributed by atoms with van der Waals surface area (Å²) in [7, 11) is 0. The molecule has 0 bridgehead atoms. The molecule has 64 heavy (non-hydrogen) atoms. The third kappa shape index (κ3) is 7.12. The minimum absolute atomic E-state index is 0. The van der Waals surface area contributed by atoms with Gasteiger partial charge in [0, 0.05) is 0 Å². The summed E-state index contributed by atoms with van der Waals surface area (Å²) >= 11 is 0. The van der Waals surface area contributed by atoms with E-state index in [1.807, 2.05) is 72.8 Å². The van der Waals surface area contributed by atoms with E-state index in [0.717, 1.165) is 90.1 Å². The van der Waals surface area contributed by atoms with Gasteiger partial charge in [0.1, 0.15) is 10.8 Å². The van der Waals surface area contributed by atoms with Crippen molar-refractivity contribution in [3.8, 4) is 45.0 Å². The SMILES string of the molecule is [Pt+2].[Pt+2].[c-]1ccccc1-c1cccc(C2(c3cccc(-c4[c-]cccc4)n3)c3ccccc3C(c3cccc(-c4[c-]cccc4)n3)(c3cccc(-c4[c-]cccc4)n3)c3ccccc32)n1. The van der Waals surface area contributed by atoms with E-state index in [9.17, 15) is 0 Å². The summed E-state index contributed by atoms with van der Waals surface area (Å²) in [5.74, 6) is 0. The first-order chi connectivity index (χ1) is 30.7. The molecule has 10 aromatic rings. The number of hydrogen-bond acceptors (Lipinski definition) is 4. The normalized spacial score (nSPS) is 13.0. The zero-order valence-corrected chi connectivity index (χ0v) is 38.8. The van der Waals surface area contributed by atoms with Gasteiger partial charge in [-0.3, -0.25) is 19.9 Å². The molecule has 1 aliphatic rings. The number of nitrogens with zero attached hydrogens (tertiary/aromatic N) is 4. The van der Waals surface area contributed by atoms with E-state index in [1.165, 1.54) is 0 Å². The van der Waals surface area contributed by atoms with Crippen molar-refractivity contribution in [2.75, 3.05) is 0 Å². The van der Waals surface area contributed by atoms with Crippen molar-refractivity contribution in [3.63, 3.8) is 0 Å². The Morgan fingerprint density at radius 2 is 0.484 bits per heavy atom. The molecule has 4 heterocycles. The van der Waals surface area contributed by atoms with Gasteiger partial charge >= 0.3 is 42.1 Å². The van der Waals surface area contributed by atoms with Crippen molar-refractivity contribution in [1.29, 1.82) is 0 Å². The zero-order chi connectivity index (χ0) is 41.4. The van der Waals surface area contributed by atoms with Crippen LogP contribution in [0.3, 0.4) is 0 Å². The van der Waals surface area contributed by atoms with Crippen molar-refractivity contribution in [2.24, 2.45) is 0 Å². The van der Waals surface area contributed by atoms with Crippen molar-refractivity contribution in [1.82, 2.24) is 19.9 Å². The van der Waals surface area contributed by atoms with Gasteiger partial charge in [-0.25, -0.2) is 0 Å². The summed E-state index contributed by atoms with van der Waals surface area (Å²) in [6.45, 7) is 0. The molecular formula is C58H36N4Pt2. The Bertz CT molecular complexity index is 2760.